The largest absolute Gasteiger partial charge is 0.382 e. The summed E-state index contributed by atoms with van der Waals surface area (Å²) in [5.74, 6) is 0. The van der Waals surface area contributed by atoms with Crippen LogP contribution in [0.2, 0.25) is 0 Å². The number of nitrogens with two attached hydrogens (primary N) is 1. The number of halogens is 1. The summed E-state index contributed by atoms with van der Waals surface area (Å²) in [6.07, 6.45) is 0.826. The van der Waals surface area contributed by atoms with Crippen molar-refractivity contribution >= 4 is 15.9 Å². The van der Waals surface area contributed by atoms with Crippen LogP contribution >= 0.6 is 15.9 Å². The second-order valence-electron chi connectivity index (χ2n) is 3.66. The molecule has 1 unspecified atom stereocenters. The van der Waals surface area contributed by atoms with Gasteiger partial charge in [0.2, 0.25) is 0 Å². The van der Waals surface area contributed by atoms with E-state index in [2.05, 4.69) is 28.1 Å². The number of benzene rings is 1. The zero-order valence-corrected chi connectivity index (χ0v) is 11.1. The lowest BCUT2D eigenvalue weighted by Gasteiger charge is -2.12. The second-order valence-corrected chi connectivity index (χ2v) is 4.58. The normalized spacial score (nSPS) is 12.7. The summed E-state index contributed by atoms with van der Waals surface area (Å²) in [6.45, 7) is 1.78. The van der Waals surface area contributed by atoms with E-state index in [1.165, 1.54) is 5.56 Å². The molecule has 1 rings (SSSR count). The topological polar surface area (TPSA) is 44.5 Å². The van der Waals surface area contributed by atoms with Crippen molar-refractivity contribution in [2.45, 2.75) is 12.5 Å². The lowest BCUT2D eigenvalue weighted by molar-refractivity contribution is 0.0637. The molecule has 0 saturated carbocycles. The number of rotatable bonds is 7. The molecule has 0 aliphatic rings. The summed E-state index contributed by atoms with van der Waals surface area (Å²) >= 11 is 3.44. The fourth-order valence-corrected chi connectivity index (χ4v) is 1.85. The highest BCUT2D eigenvalue weighted by Crippen LogP contribution is 2.12. The van der Waals surface area contributed by atoms with Crippen LogP contribution in [0.4, 0.5) is 0 Å². The first kappa shape index (κ1) is 13.6. The van der Waals surface area contributed by atoms with E-state index in [1.54, 1.807) is 7.11 Å². The van der Waals surface area contributed by atoms with Gasteiger partial charge in [-0.05, 0) is 24.1 Å². The smallest absolute Gasteiger partial charge is 0.0701 e. The predicted octanol–water partition coefficient (Wildman–Crippen LogP) is 1.98. The van der Waals surface area contributed by atoms with Gasteiger partial charge in [-0.25, -0.2) is 0 Å². The molecule has 1 aromatic carbocycles. The molecule has 0 bridgehead atoms. The summed E-state index contributed by atoms with van der Waals surface area (Å²) in [7, 11) is 1.66. The minimum Gasteiger partial charge on any atom is -0.382 e. The minimum absolute atomic E-state index is 0.0335. The highest BCUT2D eigenvalue weighted by atomic mass is 79.9. The van der Waals surface area contributed by atoms with Crippen molar-refractivity contribution in [2.24, 2.45) is 5.73 Å². The Morgan fingerprint density at radius 2 is 2.19 bits per heavy atom. The molecule has 90 valence electrons. The van der Waals surface area contributed by atoms with Crippen LogP contribution in [0.3, 0.4) is 0 Å². The van der Waals surface area contributed by atoms with E-state index in [9.17, 15) is 0 Å². The SMILES string of the molecule is COCCOCC(N)Cc1cccc(Br)c1. The molecule has 3 nitrogen and oxygen atoms in total. The minimum atomic E-state index is 0.0335. The first-order chi connectivity index (χ1) is 7.72. The van der Waals surface area contributed by atoms with Crippen molar-refractivity contribution in [1.29, 1.82) is 0 Å². The van der Waals surface area contributed by atoms with Crippen molar-refractivity contribution in [3.63, 3.8) is 0 Å². The Morgan fingerprint density at radius 3 is 2.88 bits per heavy atom. The van der Waals surface area contributed by atoms with Crippen LogP contribution in [0.5, 0.6) is 0 Å². The highest BCUT2D eigenvalue weighted by molar-refractivity contribution is 9.10. The molecular weight excluding hydrogens is 270 g/mol. The molecule has 0 aliphatic carbocycles. The summed E-state index contributed by atoms with van der Waals surface area (Å²) in [4.78, 5) is 0. The van der Waals surface area contributed by atoms with Crippen molar-refractivity contribution in [3.05, 3.63) is 34.3 Å². The van der Waals surface area contributed by atoms with Gasteiger partial charge in [0.05, 0.1) is 19.8 Å². The van der Waals surface area contributed by atoms with Gasteiger partial charge in [0, 0.05) is 17.6 Å². The molecule has 0 heterocycles. The fraction of sp³-hybridized carbons (Fsp3) is 0.500. The van der Waals surface area contributed by atoms with Crippen LogP contribution in [0.25, 0.3) is 0 Å². The first-order valence-electron chi connectivity index (χ1n) is 5.29. The van der Waals surface area contributed by atoms with Crippen molar-refractivity contribution in [3.8, 4) is 0 Å². The van der Waals surface area contributed by atoms with Gasteiger partial charge in [-0.2, -0.15) is 0 Å². The van der Waals surface area contributed by atoms with Crippen LogP contribution in [0, 0.1) is 0 Å². The van der Waals surface area contributed by atoms with E-state index in [0.717, 1.165) is 10.9 Å². The Morgan fingerprint density at radius 1 is 1.38 bits per heavy atom. The Hall–Kier alpha value is -0.420. The number of hydrogen-bond acceptors (Lipinski definition) is 3. The van der Waals surface area contributed by atoms with E-state index in [0.29, 0.717) is 19.8 Å². The van der Waals surface area contributed by atoms with E-state index in [4.69, 9.17) is 15.2 Å². The predicted molar refractivity (Wildman–Crippen MR) is 68.5 cm³/mol. The van der Waals surface area contributed by atoms with Gasteiger partial charge in [-0.1, -0.05) is 28.1 Å². The second kappa shape index (κ2) is 7.79. The molecule has 0 radical (unpaired) electrons. The van der Waals surface area contributed by atoms with Gasteiger partial charge < -0.3 is 15.2 Å². The molecule has 1 atom stereocenters. The molecule has 0 spiro atoms. The quantitative estimate of drug-likeness (QED) is 0.780. The van der Waals surface area contributed by atoms with E-state index < -0.39 is 0 Å². The maximum absolute atomic E-state index is 5.96. The fourth-order valence-electron chi connectivity index (χ4n) is 1.40. The van der Waals surface area contributed by atoms with Crippen LogP contribution in [0.1, 0.15) is 5.56 Å². The van der Waals surface area contributed by atoms with Crippen LogP contribution in [-0.2, 0) is 15.9 Å². The number of methoxy groups -OCH3 is 1. The van der Waals surface area contributed by atoms with Crippen LogP contribution in [0.15, 0.2) is 28.7 Å². The van der Waals surface area contributed by atoms with Crippen molar-refractivity contribution in [2.75, 3.05) is 26.9 Å². The zero-order valence-electron chi connectivity index (χ0n) is 9.49. The van der Waals surface area contributed by atoms with Crippen molar-refractivity contribution in [1.82, 2.24) is 0 Å². The molecule has 0 fully saturated rings. The molecule has 1 aromatic rings. The molecule has 2 N–H and O–H groups in total. The summed E-state index contributed by atoms with van der Waals surface area (Å²) in [6, 6.07) is 8.20. The third-order valence-electron chi connectivity index (χ3n) is 2.15. The van der Waals surface area contributed by atoms with Gasteiger partial charge in [-0.3, -0.25) is 0 Å². The maximum Gasteiger partial charge on any atom is 0.0701 e. The van der Waals surface area contributed by atoms with E-state index in [1.807, 2.05) is 12.1 Å². The molecular formula is C12H18BrNO2. The molecule has 16 heavy (non-hydrogen) atoms. The maximum atomic E-state index is 5.96. The lowest BCUT2D eigenvalue weighted by atomic mass is 10.1. The Kier molecular flexibility index (Phi) is 6.64. The average molecular weight is 288 g/mol. The number of hydrogen-bond donors (Lipinski definition) is 1. The van der Waals surface area contributed by atoms with E-state index >= 15 is 0 Å². The zero-order chi connectivity index (χ0) is 11.8. The third kappa shape index (κ3) is 5.61. The number of ether oxygens (including phenoxy) is 2. The van der Waals surface area contributed by atoms with Crippen molar-refractivity contribution < 1.29 is 9.47 Å². The Bertz CT molecular complexity index is 307. The van der Waals surface area contributed by atoms with Gasteiger partial charge in [0.15, 0.2) is 0 Å². The Balaban J connectivity index is 2.25. The summed E-state index contributed by atoms with van der Waals surface area (Å²) in [5, 5.41) is 0. The monoisotopic (exact) mass is 287 g/mol. The summed E-state index contributed by atoms with van der Waals surface area (Å²) < 4.78 is 11.3. The molecule has 4 heteroatoms. The first-order valence-corrected chi connectivity index (χ1v) is 6.08. The average Bonchev–Trinajstić information content (AvgIpc) is 2.24. The van der Waals surface area contributed by atoms with Crippen LogP contribution < -0.4 is 5.73 Å². The standard InChI is InChI=1S/C12H18BrNO2/c1-15-5-6-16-9-12(14)8-10-3-2-4-11(13)7-10/h2-4,7,12H,5-6,8-9,14H2,1H3. The molecule has 0 saturated heterocycles. The molecule has 0 amide bonds. The van der Waals surface area contributed by atoms with Gasteiger partial charge >= 0.3 is 0 Å². The van der Waals surface area contributed by atoms with Gasteiger partial charge in [0.1, 0.15) is 0 Å². The third-order valence-corrected chi connectivity index (χ3v) is 2.64. The lowest BCUT2D eigenvalue weighted by Crippen LogP contribution is -2.29. The summed E-state index contributed by atoms with van der Waals surface area (Å²) in [5.41, 5.74) is 7.18. The molecule has 0 aliphatic heterocycles. The van der Waals surface area contributed by atoms with Crippen LogP contribution in [-0.4, -0.2) is 33.0 Å². The van der Waals surface area contributed by atoms with Gasteiger partial charge in [-0.15, -0.1) is 0 Å². The van der Waals surface area contributed by atoms with Gasteiger partial charge in [0.25, 0.3) is 0 Å². The Labute approximate surface area is 105 Å². The highest BCUT2D eigenvalue weighted by Gasteiger charge is 2.04. The molecule has 0 aromatic heterocycles. The van der Waals surface area contributed by atoms with E-state index in [-0.39, 0.29) is 6.04 Å².